The first-order valence-electron chi connectivity index (χ1n) is 7.12. The minimum absolute atomic E-state index is 0.159. The van der Waals surface area contributed by atoms with Crippen molar-refractivity contribution < 1.29 is 0 Å². The fourth-order valence-corrected chi connectivity index (χ4v) is 2.61. The van der Waals surface area contributed by atoms with E-state index in [0.717, 1.165) is 6.54 Å². The summed E-state index contributed by atoms with van der Waals surface area (Å²) in [5.41, 5.74) is 0. The van der Waals surface area contributed by atoms with E-state index in [1.54, 1.807) is 23.1 Å². The van der Waals surface area contributed by atoms with Gasteiger partial charge in [-0.05, 0) is 50.5 Å². The molecular formula is C13H18ClN7. The molecule has 0 bridgehead atoms. The highest BCUT2D eigenvalue weighted by Crippen LogP contribution is 2.13. The highest BCUT2D eigenvalue weighted by atomic mass is 35.5. The first-order valence-corrected chi connectivity index (χ1v) is 7.50. The molecule has 0 aliphatic carbocycles. The van der Waals surface area contributed by atoms with Crippen molar-refractivity contribution in [2.45, 2.75) is 25.8 Å². The molecule has 1 atom stereocenters. The predicted molar refractivity (Wildman–Crippen MR) is 80.7 cm³/mol. The van der Waals surface area contributed by atoms with Gasteiger partial charge in [0.1, 0.15) is 0 Å². The summed E-state index contributed by atoms with van der Waals surface area (Å²) in [5.74, 6) is 0.892. The van der Waals surface area contributed by atoms with Crippen molar-refractivity contribution in [3.8, 4) is 5.95 Å². The Morgan fingerprint density at radius 3 is 2.81 bits per heavy atom. The van der Waals surface area contributed by atoms with Crippen LogP contribution in [0.1, 0.15) is 19.8 Å². The Balaban J connectivity index is 1.67. The minimum Gasteiger partial charge on any atom is -0.352 e. The third-order valence-electron chi connectivity index (χ3n) is 3.63. The third-order valence-corrected chi connectivity index (χ3v) is 3.79. The van der Waals surface area contributed by atoms with Crippen LogP contribution in [0, 0.1) is 0 Å². The number of hydrogen-bond donors (Lipinski definition) is 1. The lowest BCUT2D eigenvalue weighted by atomic mass is 10.3. The summed E-state index contributed by atoms with van der Waals surface area (Å²) in [6, 6.07) is 2.25. The summed E-state index contributed by atoms with van der Waals surface area (Å²) in [6.45, 7) is 5.31. The first kappa shape index (κ1) is 14.2. The number of nitrogens with zero attached hydrogens (tertiary/aromatic N) is 6. The fourth-order valence-electron chi connectivity index (χ4n) is 2.46. The number of rotatable bonds is 5. The molecule has 0 amide bonds. The molecule has 0 saturated carbocycles. The monoisotopic (exact) mass is 307 g/mol. The van der Waals surface area contributed by atoms with Crippen LogP contribution in [-0.2, 0) is 0 Å². The highest BCUT2D eigenvalue weighted by Gasteiger charge is 2.18. The van der Waals surface area contributed by atoms with Crippen molar-refractivity contribution in [3.05, 3.63) is 23.7 Å². The SMILES string of the molecule is CC(CNc1nc(Cl)nc(-n2cccn2)n1)N1CCCC1. The quantitative estimate of drug-likeness (QED) is 0.905. The lowest BCUT2D eigenvalue weighted by Gasteiger charge is -2.23. The van der Waals surface area contributed by atoms with Gasteiger partial charge in [-0.3, -0.25) is 4.90 Å². The Bertz CT molecular complexity index is 580. The smallest absolute Gasteiger partial charge is 0.256 e. The topological polar surface area (TPSA) is 71.8 Å². The Hall–Kier alpha value is -1.73. The summed E-state index contributed by atoms with van der Waals surface area (Å²) in [6.07, 6.45) is 6.00. The Labute approximate surface area is 128 Å². The average Bonchev–Trinajstić information content (AvgIpc) is 3.16. The van der Waals surface area contributed by atoms with E-state index in [1.165, 1.54) is 25.9 Å². The predicted octanol–water partition coefficient (Wildman–Crippen LogP) is 1.61. The third kappa shape index (κ3) is 3.48. The Morgan fingerprint density at radius 1 is 1.29 bits per heavy atom. The van der Waals surface area contributed by atoms with Crippen LogP contribution in [-0.4, -0.2) is 55.3 Å². The van der Waals surface area contributed by atoms with E-state index in [9.17, 15) is 0 Å². The van der Waals surface area contributed by atoms with Crippen LogP contribution in [0.25, 0.3) is 5.95 Å². The van der Waals surface area contributed by atoms with Gasteiger partial charge >= 0.3 is 0 Å². The summed E-state index contributed by atoms with van der Waals surface area (Å²) in [5, 5.41) is 7.49. The van der Waals surface area contributed by atoms with Crippen LogP contribution in [0.2, 0.25) is 5.28 Å². The van der Waals surface area contributed by atoms with Gasteiger partial charge in [0.25, 0.3) is 5.95 Å². The van der Waals surface area contributed by atoms with Gasteiger partial charge in [0, 0.05) is 25.0 Å². The summed E-state index contributed by atoms with van der Waals surface area (Å²) < 4.78 is 1.56. The van der Waals surface area contributed by atoms with E-state index in [0.29, 0.717) is 17.9 Å². The standard InChI is InChI=1S/C13H18ClN7/c1-10(20-6-2-3-7-20)9-15-12-17-11(14)18-13(19-12)21-8-4-5-16-21/h4-5,8,10H,2-3,6-7,9H2,1H3,(H,15,17,18,19). The molecule has 8 heteroatoms. The molecule has 0 radical (unpaired) electrons. The normalized spacial score (nSPS) is 17.0. The Morgan fingerprint density at radius 2 is 2.10 bits per heavy atom. The van der Waals surface area contributed by atoms with Crippen molar-refractivity contribution in [1.29, 1.82) is 0 Å². The molecule has 0 spiro atoms. The van der Waals surface area contributed by atoms with Gasteiger partial charge in [-0.25, -0.2) is 4.68 Å². The number of likely N-dealkylation sites (tertiary alicyclic amines) is 1. The molecule has 2 aromatic heterocycles. The molecule has 3 rings (SSSR count). The van der Waals surface area contributed by atoms with E-state index in [4.69, 9.17) is 11.6 Å². The maximum absolute atomic E-state index is 5.96. The molecule has 112 valence electrons. The van der Waals surface area contributed by atoms with E-state index >= 15 is 0 Å². The number of aromatic nitrogens is 5. The first-order chi connectivity index (χ1) is 10.2. The molecule has 1 aliphatic rings. The van der Waals surface area contributed by atoms with E-state index in [2.05, 4.69) is 37.2 Å². The average molecular weight is 308 g/mol. The number of hydrogen-bond acceptors (Lipinski definition) is 6. The molecule has 1 unspecified atom stereocenters. The second-order valence-electron chi connectivity index (χ2n) is 5.15. The molecule has 3 heterocycles. The molecule has 2 aromatic rings. The van der Waals surface area contributed by atoms with Crippen molar-refractivity contribution >= 4 is 17.5 Å². The van der Waals surface area contributed by atoms with E-state index < -0.39 is 0 Å². The van der Waals surface area contributed by atoms with Gasteiger partial charge in [-0.2, -0.15) is 20.1 Å². The van der Waals surface area contributed by atoms with Crippen molar-refractivity contribution in [2.75, 3.05) is 25.0 Å². The number of halogens is 1. The summed E-state index contributed by atoms with van der Waals surface area (Å²) >= 11 is 5.96. The van der Waals surface area contributed by atoms with E-state index in [-0.39, 0.29) is 5.28 Å². The fraction of sp³-hybridized carbons (Fsp3) is 0.538. The van der Waals surface area contributed by atoms with Crippen LogP contribution in [0.4, 0.5) is 5.95 Å². The van der Waals surface area contributed by atoms with Crippen molar-refractivity contribution in [2.24, 2.45) is 0 Å². The summed E-state index contributed by atoms with van der Waals surface area (Å²) in [4.78, 5) is 15.0. The van der Waals surface area contributed by atoms with Crippen LogP contribution >= 0.6 is 11.6 Å². The largest absolute Gasteiger partial charge is 0.352 e. The van der Waals surface area contributed by atoms with Crippen LogP contribution in [0.15, 0.2) is 18.5 Å². The van der Waals surface area contributed by atoms with Gasteiger partial charge in [0.2, 0.25) is 11.2 Å². The summed E-state index contributed by atoms with van der Waals surface area (Å²) in [7, 11) is 0. The zero-order valence-electron chi connectivity index (χ0n) is 11.9. The van der Waals surface area contributed by atoms with E-state index in [1.807, 2.05) is 0 Å². The molecule has 1 fully saturated rings. The van der Waals surface area contributed by atoms with Gasteiger partial charge in [0.05, 0.1) is 0 Å². The van der Waals surface area contributed by atoms with Crippen molar-refractivity contribution in [1.82, 2.24) is 29.6 Å². The molecular weight excluding hydrogens is 290 g/mol. The van der Waals surface area contributed by atoms with Crippen molar-refractivity contribution in [3.63, 3.8) is 0 Å². The second kappa shape index (κ2) is 6.36. The molecule has 1 aliphatic heterocycles. The minimum atomic E-state index is 0.159. The molecule has 21 heavy (non-hydrogen) atoms. The lowest BCUT2D eigenvalue weighted by Crippen LogP contribution is -2.35. The van der Waals surface area contributed by atoms with Gasteiger partial charge < -0.3 is 5.32 Å². The second-order valence-corrected chi connectivity index (χ2v) is 5.49. The molecule has 0 aromatic carbocycles. The van der Waals surface area contributed by atoms with Gasteiger partial charge in [0.15, 0.2) is 0 Å². The van der Waals surface area contributed by atoms with Crippen LogP contribution in [0.3, 0.4) is 0 Å². The molecule has 1 N–H and O–H groups in total. The molecule has 1 saturated heterocycles. The maximum Gasteiger partial charge on any atom is 0.256 e. The van der Waals surface area contributed by atoms with Crippen LogP contribution < -0.4 is 5.32 Å². The van der Waals surface area contributed by atoms with Gasteiger partial charge in [-0.1, -0.05) is 0 Å². The maximum atomic E-state index is 5.96. The lowest BCUT2D eigenvalue weighted by molar-refractivity contribution is 0.269. The van der Waals surface area contributed by atoms with Gasteiger partial charge in [-0.15, -0.1) is 0 Å². The number of anilines is 1. The Kier molecular flexibility index (Phi) is 4.31. The zero-order chi connectivity index (χ0) is 14.7. The number of nitrogens with one attached hydrogen (secondary N) is 1. The zero-order valence-corrected chi connectivity index (χ0v) is 12.7. The molecule has 7 nitrogen and oxygen atoms in total. The highest BCUT2D eigenvalue weighted by molar-refractivity contribution is 6.28. The van der Waals surface area contributed by atoms with Crippen LogP contribution in [0.5, 0.6) is 0 Å².